The third-order valence-corrected chi connectivity index (χ3v) is 4.14. The van der Waals surface area contributed by atoms with Crippen LogP contribution < -0.4 is 10.5 Å². The van der Waals surface area contributed by atoms with Gasteiger partial charge < -0.3 is 10.4 Å². The van der Waals surface area contributed by atoms with Crippen LogP contribution in [0.5, 0.6) is 0 Å². The summed E-state index contributed by atoms with van der Waals surface area (Å²) in [6.45, 7) is 0. The van der Waals surface area contributed by atoms with E-state index in [2.05, 4.69) is 5.32 Å². The highest BCUT2D eigenvalue weighted by molar-refractivity contribution is 7.89. The summed E-state index contributed by atoms with van der Waals surface area (Å²) in [4.78, 5) is 0.114. The summed E-state index contributed by atoms with van der Waals surface area (Å²) in [6.07, 6.45) is 3.15. The number of hydrogen-bond donors (Lipinski definition) is 3. The lowest BCUT2D eigenvalue weighted by molar-refractivity contribution is 0.126. The van der Waals surface area contributed by atoms with Crippen molar-refractivity contribution in [2.24, 2.45) is 5.14 Å². The summed E-state index contributed by atoms with van der Waals surface area (Å²) < 4.78 is 22.5. The molecule has 5 nitrogen and oxygen atoms in total. The van der Waals surface area contributed by atoms with Crippen molar-refractivity contribution in [3.63, 3.8) is 0 Å². The molecule has 4 N–H and O–H groups in total. The fraction of sp³-hybridized carbons (Fsp3) is 0.500. The van der Waals surface area contributed by atoms with Crippen LogP contribution >= 0.6 is 0 Å². The van der Waals surface area contributed by atoms with Crippen LogP contribution in [-0.2, 0) is 10.0 Å². The summed E-state index contributed by atoms with van der Waals surface area (Å²) >= 11 is 0. The van der Waals surface area contributed by atoms with Crippen molar-refractivity contribution in [3.8, 4) is 0 Å². The molecular weight excluding hydrogens is 252 g/mol. The molecule has 0 spiro atoms. The highest BCUT2D eigenvalue weighted by Crippen LogP contribution is 2.23. The highest BCUT2D eigenvalue weighted by atomic mass is 32.2. The van der Waals surface area contributed by atoms with Crippen molar-refractivity contribution in [1.82, 2.24) is 0 Å². The van der Waals surface area contributed by atoms with E-state index in [9.17, 15) is 13.5 Å². The molecular formula is C12H18N2O3S. The quantitative estimate of drug-likeness (QED) is 0.765. The van der Waals surface area contributed by atoms with Gasteiger partial charge in [-0.3, -0.25) is 0 Å². The van der Waals surface area contributed by atoms with Crippen LogP contribution in [-0.4, -0.2) is 25.7 Å². The van der Waals surface area contributed by atoms with Crippen LogP contribution in [0.4, 0.5) is 5.69 Å². The fourth-order valence-corrected chi connectivity index (χ4v) is 2.78. The van der Waals surface area contributed by atoms with E-state index in [-0.39, 0.29) is 17.0 Å². The van der Waals surface area contributed by atoms with E-state index in [1.807, 2.05) is 6.07 Å². The van der Waals surface area contributed by atoms with Crippen molar-refractivity contribution < 1.29 is 13.5 Å². The molecule has 1 aromatic carbocycles. The van der Waals surface area contributed by atoms with Crippen molar-refractivity contribution in [3.05, 3.63) is 24.3 Å². The molecule has 1 aliphatic rings. The van der Waals surface area contributed by atoms with Crippen LogP contribution in [0.2, 0.25) is 0 Å². The number of primary sulfonamides is 1. The third-order valence-electron chi connectivity index (χ3n) is 3.23. The number of rotatable bonds is 3. The lowest BCUT2D eigenvalue weighted by Gasteiger charge is -2.27. The lowest BCUT2D eigenvalue weighted by atomic mass is 9.93. The predicted octanol–water partition coefficient (Wildman–Crippen LogP) is 1.05. The second kappa shape index (κ2) is 5.26. The van der Waals surface area contributed by atoms with E-state index in [0.29, 0.717) is 0 Å². The van der Waals surface area contributed by atoms with Gasteiger partial charge in [-0.2, -0.15) is 0 Å². The number of aliphatic hydroxyl groups excluding tert-OH is 1. The molecule has 0 saturated heterocycles. The minimum Gasteiger partial charge on any atom is -0.393 e. The number of nitrogens with one attached hydrogen (secondary N) is 1. The van der Waals surface area contributed by atoms with Crippen LogP contribution in [0.1, 0.15) is 25.7 Å². The topological polar surface area (TPSA) is 92.4 Å². The van der Waals surface area contributed by atoms with Crippen molar-refractivity contribution in [1.29, 1.82) is 0 Å². The van der Waals surface area contributed by atoms with Gasteiger partial charge in [0.05, 0.1) is 11.0 Å². The van der Waals surface area contributed by atoms with Crippen molar-refractivity contribution in [2.75, 3.05) is 5.32 Å². The van der Waals surface area contributed by atoms with E-state index >= 15 is 0 Å². The second-order valence-corrected chi connectivity index (χ2v) is 6.28. The molecule has 18 heavy (non-hydrogen) atoms. The molecule has 0 heterocycles. The molecule has 2 rings (SSSR count). The standard InChI is InChI=1S/C12H18N2O3S/c13-18(16,17)12-3-1-2-10(8-12)14-9-4-6-11(15)7-5-9/h1-3,8-9,11,14-15H,4-7H2,(H2,13,16,17). The van der Waals surface area contributed by atoms with Gasteiger partial charge in [0.2, 0.25) is 10.0 Å². The van der Waals surface area contributed by atoms with Crippen LogP contribution in [0, 0.1) is 0 Å². The number of anilines is 1. The molecule has 1 aromatic rings. The lowest BCUT2D eigenvalue weighted by Crippen LogP contribution is -2.28. The molecule has 6 heteroatoms. The first-order valence-corrected chi connectivity index (χ1v) is 7.57. The van der Waals surface area contributed by atoms with E-state index < -0.39 is 10.0 Å². The summed E-state index contributed by atoms with van der Waals surface area (Å²) in [7, 11) is -3.65. The average molecular weight is 270 g/mol. The monoisotopic (exact) mass is 270 g/mol. The Balaban J connectivity index is 2.06. The minimum atomic E-state index is -3.65. The maximum Gasteiger partial charge on any atom is 0.238 e. The van der Waals surface area contributed by atoms with Crippen LogP contribution in [0.3, 0.4) is 0 Å². The summed E-state index contributed by atoms with van der Waals surface area (Å²) in [6, 6.07) is 6.79. The zero-order valence-corrected chi connectivity index (χ0v) is 10.9. The summed E-state index contributed by atoms with van der Waals surface area (Å²) in [5.74, 6) is 0. The van der Waals surface area contributed by atoms with Gasteiger partial charge in [-0.1, -0.05) is 6.07 Å². The van der Waals surface area contributed by atoms with Crippen LogP contribution in [0.15, 0.2) is 29.2 Å². The van der Waals surface area contributed by atoms with Crippen molar-refractivity contribution in [2.45, 2.75) is 42.7 Å². The molecule has 1 fully saturated rings. The van der Waals surface area contributed by atoms with Gasteiger partial charge in [-0.05, 0) is 43.9 Å². The second-order valence-electron chi connectivity index (χ2n) is 4.72. The average Bonchev–Trinajstić information content (AvgIpc) is 2.31. The largest absolute Gasteiger partial charge is 0.393 e. The highest BCUT2D eigenvalue weighted by Gasteiger charge is 2.19. The van der Waals surface area contributed by atoms with Gasteiger partial charge in [-0.25, -0.2) is 13.6 Å². The summed E-state index contributed by atoms with van der Waals surface area (Å²) in [5.41, 5.74) is 0.753. The Morgan fingerprint density at radius 1 is 1.22 bits per heavy atom. The molecule has 1 saturated carbocycles. The van der Waals surface area contributed by atoms with Gasteiger partial charge >= 0.3 is 0 Å². The Morgan fingerprint density at radius 3 is 2.50 bits per heavy atom. The first-order chi connectivity index (χ1) is 8.45. The molecule has 0 bridgehead atoms. The molecule has 0 radical (unpaired) electrons. The summed E-state index contributed by atoms with van der Waals surface area (Å²) in [5, 5.41) is 17.8. The number of hydrogen-bond acceptors (Lipinski definition) is 4. The Hall–Kier alpha value is -1.11. The molecule has 0 aromatic heterocycles. The zero-order chi connectivity index (χ0) is 13.2. The molecule has 0 amide bonds. The number of nitrogens with two attached hydrogens (primary N) is 1. The Labute approximate surface area is 107 Å². The zero-order valence-electron chi connectivity index (χ0n) is 10.0. The SMILES string of the molecule is NS(=O)(=O)c1cccc(NC2CCC(O)CC2)c1. The van der Waals surface area contributed by atoms with Gasteiger partial charge in [0.15, 0.2) is 0 Å². The first-order valence-electron chi connectivity index (χ1n) is 6.02. The van der Waals surface area contributed by atoms with E-state index in [0.717, 1.165) is 31.4 Å². The number of sulfonamides is 1. The van der Waals surface area contributed by atoms with Gasteiger partial charge in [0, 0.05) is 11.7 Å². The third kappa shape index (κ3) is 3.44. The van der Waals surface area contributed by atoms with E-state index in [1.165, 1.54) is 6.07 Å². The Kier molecular flexibility index (Phi) is 3.89. The maximum atomic E-state index is 11.2. The Morgan fingerprint density at radius 2 is 1.89 bits per heavy atom. The van der Waals surface area contributed by atoms with Gasteiger partial charge in [0.25, 0.3) is 0 Å². The Bertz CT molecular complexity index is 508. The van der Waals surface area contributed by atoms with Crippen molar-refractivity contribution >= 4 is 15.7 Å². The molecule has 100 valence electrons. The van der Waals surface area contributed by atoms with Gasteiger partial charge in [0.1, 0.15) is 0 Å². The van der Waals surface area contributed by atoms with E-state index in [1.54, 1.807) is 12.1 Å². The minimum absolute atomic E-state index is 0.114. The molecule has 0 unspecified atom stereocenters. The molecule has 0 aliphatic heterocycles. The molecule has 0 atom stereocenters. The number of benzene rings is 1. The fourth-order valence-electron chi connectivity index (χ4n) is 2.22. The maximum absolute atomic E-state index is 11.2. The number of aliphatic hydroxyl groups is 1. The van der Waals surface area contributed by atoms with E-state index in [4.69, 9.17) is 5.14 Å². The molecule has 1 aliphatic carbocycles. The van der Waals surface area contributed by atoms with Crippen LogP contribution in [0.25, 0.3) is 0 Å². The van der Waals surface area contributed by atoms with Gasteiger partial charge in [-0.15, -0.1) is 0 Å². The normalized spacial score (nSPS) is 24.8. The first kappa shape index (κ1) is 13.3. The predicted molar refractivity (Wildman–Crippen MR) is 69.7 cm³/mol. The smallest absolute Gasteiger partial charge is 0.238 e.